The molecule has 3 saturated heterocycles. The SMILES string of the molecule is CCC(=O)NC[C@H]1[C@H]2CN(Cc3[nH]c4ccc(C)cc4c3C)C[C@]23CC[C@H]1O3. The number of benzene rings is 1. The van der Waals surface area contributed by atoms with Crippen molar-refractivity contribution in [3.63, 3.8) is 0 Å². The number of hydrogen-bond acceptors (Lipinski definition) is 3. The molecule has 3 aliphatic heterocycles. The van der Waals surface area contributed by atoms with Crippen LogP contribution in [0.25, 0.3) is 10.9 Å². The van der Waals surface area contributed by atoms with Crippen molar-refractivity contribution in [2.45, 2.75) is 58.3 Å². The van der Waals surface area contributed by atoms with Gasteiger partial charge in [0.25, 0.3) is 0 Å². The van der Waals surface area contributed by atoms with Crippen LogP contribution >= 0.6 is 0 Å². The smallest absolute Gasteiger partial charge is 0.219 e. The fourth-order valence-corrected chi connectivity index (χ4v) is 5.91. The van der Waals surface area contributed by atoms with Crippen LogP contribution in [-0.4, -0.2) is 47.1 Å². The lowest BCUT2D eigenvalue weighted by atomic mass is 9.73. The topological polar surface area (TPSA) is 57.4 Å². The molecule has 4 atom stereocenters. The standard InChI is InChI=1S/C23H31N3O2/c1-4-22(27)24-10-17-18-11-26(13-23(18)8-7-21(17)28-23)12-20-15(3)16-9-14(2)5-6-19(16)25-20/h5-6,9,17-18,21,25H,4,7-8,10-13H2,1-3H3,(H,24,27)/t17-,18+,21+,23+/m0/s1. The number of H-pyrrole nitrogens is 1. The lowest BCUT2D eigenvalue weighted by Gasteiger charge is -2.29. The van der Waals surface area contributed by atoms with E-state index in [0.717, 1.165) is 32.6 Å². The summed E-state index contributed by atoms with van der Waals surface area (Å²) in [5.41, 5.74) is 5.24. The van der Waals surface area contributed by atoms with Crippen molar-refractivity contribution >= 4 is 16.8 Å². The highest BCUT2D eigenvalue weighted by molar-refractivity contribution is 5.85. The lowest BCUT2D eigenvalue weighted by molar-refractivity contribution is -0.121. The molecule has 0 aliphatic carbocycles. The van der Waals surface area contributed by atoms with Crippen molar-refractivity contribution in [2.24, 2.45) is 11.8 Å². The Balaban J connectivity index is 1.33. The minimum absolute atomic E-state index is 0.0167. The summed E-state index contributed by atoms with van der Waals surface area (Å²) in [6.45, 7) is 10.1. The number of aryl methyl sites for hydroxylation is 2. The van der Waals surface area contributed by atoms with Crippen LogP contribution in [0.4, 0.5) is 0 Å². The maximum absolute atomic E-state index is 11.8. The summed E-state index contributed by atoms with van der Waals surface area (Å²) in [7, 11) is 0. The van der Waals surface area contributed by atoms with Gasteiger partial charge in [-0.05, 0) is 44.4 Å². The van der Waals surface area contributed by atoms with Crippen LogP contribution in [0.1, 0.15) is 43.0 Å². The minimum atomic E-state index is 0.0167. The summed E-state index contributed by atoms with van der Waals surface area (Å²) >= 11 is 0. The fraction of sp³-hybridized carbons (Fsp3) is 0.609. The second-order valence-corrected chi connectivity index (χ2v) is 9.13. The normalized spacial score (nSPS) is 31.6. The third kappa shape index (κ3) is 2.79. The Bertz CT molecular complexity index is 920. The van der Waals surface area contributed by atoms with Gasteiger partial charge in [-0.25, -0.2) is 0 Å². The van der Waals surface area contributed by atoms with E-state index in [1.165, 1.54) is 34.1 Å². The summed E-state index contributed by atoms with van der Waals surface area (Å²) in [5.74, 6) is 1.15. The first kappa shape index (κ1) is 18.2. The number of nitrogens with zero attached hydrogens (tertiary/aromatic N) is 1. The van der Waals surface area contributed by atoms with Gasteiger partial charge in [-0.15, -0.1) is 0 Å². The van der Waals surface area contributed by atoms with Gasteiger partial charge in [0.1, 0.15) is 0 Å². The fourth-order valence-electron chi connectivity index (χ4n) is 5.91. The van der Waals surface area contributed by atoms with Crippen molar-refractivity contribution < 1.29 is 9.53 Å². The quantitative estimate of drug-likeness (QED) is 0.836. The van der Waals surface area contributed by atoms with E-state index in [1.54, 1.807) is 0 Å². The monoisotopic (exact) mass is 381 g/mol. The van der Waals surface area contributed by atoms with Crippen molar-refractivity contribution in [1.82, 2.24) is 15.2 Å². The molecule has 4 heterocycles. The Kier molecular flexibility index (Phi) is 4.29. The first-order chi connectivity index (χ1) is 13.5. The van der Waals surface area contributed by atoms with E-state index in [9.17, 15) is 4.79 Å². The lowest BCUT2D eigenvalue weighted by Crippen LogP contribution is -2.41. The number of ether oxygens (including phenoxy) is 1. The Labute approximate surface area is 166 Å². The van der Waals surface area contributed by atoms with Gasteiger partial charge in [-0.2, -0.15) is 0 Å². The van der Waals surface area contributed by atoms with Crippen molar-refractivity contribution in [3.8, 4) is 0 Å². The molecule has 1 spiro atoms. The second kappa shape index (κ2) is 6.60. The molecular formula is C23H31N3O2. The van der Waals surface area contributed by atoms with E-state index in [1.807, 2.05) is 6.92 Å². The van der Waals surface area contributed by atoms with Gasteiger partial charge in [-0.1, -0.05) is 18.6 Å². The van der Waals surface area contributed by atoms with E-state index < -0.39 is 0 Å². The number of aromatic amines is 1. The zero-order chi connectivity index (χ0) is 19.5. The van der Waals surface area contributed by atoms with Crippen LogP contribution < -0.4 is 5.32 Å². The number of amides is 1. The van der Waals surface area contributed by atoms with Crippen molar-refractivity contribution in [2.75, 3.05) is 19.6 Å². The molecule has 150 valence electrons. The Morgan fingerprint density at radius 2 is 2.25 bits per heavy atom. The van der Waals surface area contributed by atoms with E-state index >= 15 is 0 Å². The first-order valence-electron chi connectivity index (χ1n) is 10.7. The molecular weight excluding hydrogens is 350 g/mol. The molecule has 5 rings (SSSR count). The predicted molar refractivity (Wildman–Crippen MR) is 110 cm³/mol. The summed E-state index contributed by atoms with van der Waals surface area (Å²) in [5, 5.41) is 4.46. The largest absolute Gasteiger partial charge is 0.370 e. The van der Waals surface area contributed by atoms with Gasteiger partial charge in [0.05, 0.1) is 11.7 Å². The van der Waals surface area contributed by atoms with Gasteiger partial charge in [-0.3, -0.25) is 9.69 Å². The molecule has 2 aromatic rings. The number of likely N-dealkylation sites (tertiary alicyclic amines) is 1. The number of carbonyl (C=O) groups excluding carboxylic acids is 1. The van der Waals surface area contributed by atoms with Crippen LogP contribution in [0.3, 0.4) is 0 Å². The molecule has 0 saturated carbocycles. The zero-order valence-electron chi connectivity index (χ0n) is 17.2. The van der Waals surface area contributed by atoms with Crippen LogP contribution in [-0.2, 0) is 16.1 Å². The van der Waals surface area contributed by atoms with E-state index in [-0.39, 0.29) is 11.5 Å². The van der Waals surface area contributed by atoms with E-state index in [4.69, 9.17) is 4.74 Å². The van der Waals surface area contributed by atoms with Crippen LogP contribution in [0.5, 0.6) is 0 Å². The number of nitrogens with one attached hydrogen (secondary N) is 2. The highest BCUT2D eigenvalue weighted by Gasteiger charge is 2.62. The summed E-state index contributed by atoms with van der Waals surface area (Å²) in [6.07, 6.45) is 3.20. The Morgan fingerprint density at radius 1 is 1.39 bits per heavy atom. The van der Waals surface area contributed by atoms with Gasteiger partial charge in [0.15, 0.2) is 0 Å². The number of fused-ring (bicyclic) bond motifs is 2. The molecule has 1 aromatic heterocycles. The Hall–Kier alpha value is -1.85. The molecule has 0 unspecified atom stereocenters. The molecule has 28 heavy (non-hydrogen) atoms. The molecule has 1 aromatic carbocycles. The molecule has 5 nitrogen and oxygen atoms in total. The number of hydrogen-bond donors (Lipinski definition) is 2. The van der Waals surface area contributed by atoms with Crippen LogP contribution in [0.2, 0.25) is 0 Å². The van der Waals surface area contributed by atoms with E-state index in [2.05, 4.69) is 47.2 Å². The van der Waals surface area contributed by atoms with Crippen LogP contribution in [0.15, 0.2) is 18.2 Å². The maximum atomic E-state index is 11.8. The first-order valence-corrected chi connectivity index (χ1v) is 10.7. The number of carbonyl (C=O) groups is 1. The number of rotatable bonds is 5. The third-order valence-corrected chi connectivity index (χ3v) is 7.41. The highest BCUT2D eigenvalue weighted by Crippen LogP contribution is 2.54. The Morgan fingerprint density at radius 3 is 3.07 bits per heavy atom. The average Bonchev–Trinajstić information content (AvgIpc) is 3.40. The predicted octanol–water partition coefficient (Wildman–Crippen LogP) is 3.29. The molecule has 5 heteroatoms. The molecule has 3 aliphatic rings. The molecule has 2 N–H and O–H groups in total. The second-order valence-electron chi connectivity index (χ2n) is 9.13. The van der Waals surface area contributed by atoms with Crippen LogP contribution in [0, 0.1) is 25.7 Å². The van der Waals surface area contributed by atoms with Gasteiger partial charge < -0.3 is 15.0 Å². The van der Waals surface area contributed by atoms with Gasteiger partial charge in [0.2, 0.25) is 5.91 Å². The molecule has 2 bridgehead atoms. The molecule has 3 fully saturated rings. The van der Waals surface area contributed by atoms with Gasteiger partial charge >= 0.3 is 0 Å². The minimum Gasteiger partial charge on any atom is -0.370 e. The van der Waals surface area contributed by atoms with E-state index in [0.29, 0.717) is 24.4 Å². The molecule has 1 amide bonds. The van der Waals surface area contributed by atoms with Gasteiger partial charge in [0, 0.05) is 61.0 Å². The molecule has 0 radical (unpaired) electrons. The summed E-state index contributed by atoms with van der Waals surface area (Å²) in [4.78, 5) is 18.0. The third-order valence-electron chi connectivity index (χ3n) is 7.41. The average molecular weight is 382 g/mol. The zero-order valence-corrected chi connectivity index (χ0v) is 17.2. The maximum Gasteiger partial charge on any atom is 0.219 e. The van der Waals surface area contributed by atoms with Crippen molar-refractivity contribution in [3.05, 3.63) is 35.0 Å². The summed E-state index contributed by atoms with van der Waals surface area (Å²) in [6, 6.07) is 6.64. The highest BCUT2D eigenvalue weighted by atomic mass is 16.5. The van der Waals surface area contributed by atoms with Crippen molar-refractivity contribution in [1.29, 1.82) is 0 Å². The number of aromatic nitrogens is 1. The summed E-state index contributed by atoms with van der Waals surface area (Å²) < 4.78 is 6.53.